The SMILES string of the molecule is CNCc1cccc(NC(=O)c2c(Cl)cccc2Cl)c1. The summed E-state index contributed by atoms with van der Waals surface area (Å²) in [6.07, 6.45) is 0. The van der Waals surface area contributed by atoms with Crippen LogP contribution in [-0.4, -0.2) is 13.0 Å². The zero-order valence-corrected chi connectivity index (χ0v) is 12.4. The van der Waals surface area contributed by atoms with Crippen LogP contribution >= 0.6 is 23.2 Å². The van der Waals surface area contributed by atoms with Gasteiger partial charge >= 0.3 is 0 Å². The average Bonchev–Trinajstić information content (AvgIpc) is 2.39. The molecule has 1 amide bonds. The molecule has 0 aliphatic heterocycles. The fourth-order valence-corrected chi connectivity index (χ4v) is 2.44. The van der Waals surface area contributed by atoms with Gasteiger partial charge in [-0.3, -0.25) is 4.79 Å². The van der Waals surface area contributed by atoms with Crippen LogP contribution in [0.3, 0.4) is 0 Å². The van der Waals surface area contributed by atoms with E-state index >= 15 is 0 Å². The average molecular weight is 309 g/mol. The van der Waals surface area contributed by atoms with E-state index in [0.717, 1.165) is 12.1 Å². The molecule has 0 saturated carbocycles. The zero-order valence-electron chi connectivity index (χ0n) is 10.9. The van der Waals surface area contributed by atoms with Gasteiger partial charge < -0.3 is 10.6 Å². The van der Waals surface area contributed by atoms with Gasteiger partial charge in [-0.05, 0) is 36.9 Å². The van der Waals surface area contributed by atoms with Crippen molar-refractivity contribution in [2.45, 2.75) is 6.54 Å². The Morgan fingerprint density at radius 2 is 1.75 bits per heavy atom. The van der Waals surface area contributed by atoms with Gasteiger partial charge in [0, 0.05) is 12.2 Å². The number of rotatable bonds is 4. The lowest BCUT2D eigenvalue weighted by atomic mass is 10.1. The molecule has 5 heteroatoms. The normalized spacial score (nSPS) is 10.3. The molecule has 2 aromatic rings. The third-order valence-corrected chi connectivity index (χ3v) is 3.39. The summed E-state index contributed by atoms with van der Waals surface area (Å²) in [5.41, 5.74) is 2.07. The van der Waals surface area contributed by atoms with Crippen molar-refractivity contribution in [1.29, 1.82) is 0 Å². The quantitative estimate of drug-likeness (QED) is 0.897. The smallest absolute Gasteiger partial charge is 0.258 e. The van der Waals surface area contributed by atoms with E-state index in [0.29, 0.717) is 15.7 Å². The Labute approximate surface area is 127 Å². The summed E-state index contributed by atoms with van der Waals surface area (Å²) in [6.45, 7) is 0.733. The summed E-state index contributed by atoms with van der Waals surface area (Å²) >= 11 is 12.0. The minimum Gasteiger partial charge on any atom is -0.322 e. The summed E-state index contributed by atoms with van der Waals surface area (Å²) in [6, 6.07) is 12.6. The number of carbonyl (C=O) groups excluding carboxylic acids is 1. The molecule has 0 aliphatic carbocycles. The molecule has 2 N–H and O–H groups in total. The van der Waals surface area contributed by atoms with Crippen molar-refractivity contribution in [3.8, 4) is 0 Å². The molecule has 0 radical (unpaired) electrons. The summed E-state index contributed by atoms with van der Waals surface area (Å²) < 4.78 is 0. The summed E-state index contributed by atoms with van der Waals surface area (Å²) in [7, 11) is 1.87. The van der Waals surface area contributed by atoms with E-state index < -0.39 is 0 Å². The fourth-order valence-electron chi connectivity index (χ4n) is 1.87. The summed E-state index contributed by atoms with van der Waals surface area (Å²) in [4.78, 5) is 12.2. The van der Waals surface area contributed by atoms with E-state index in [1.807, 2.05) is 31.3 Å². The Balaban J connectivity index is 2.21. The van der Waals surface area contributed by atoms with Gasteiger partial charge in [-0.2, -0.15) is 0 Å². The zero-order chi connectivity index (χ0) is 14.5. The predicted molar refractivity (Wildman–Crippen MR) is 83.6 cm³/mol. The second-order valence-electron chi connectivity index (χ2n) is 4.28. The van der Waals surface area contributed by atoms with Crippen molar-refractivity contribution in [1.82, 2.24) is 5.32 Å². The standard InChI is InChI=1S/C15H14Cl2N2O/c1-18-9-10-4-2-5-11(8-10)19-15(20)14-12(16)6-3-7-13(14)17/h2-8,18H,9H2,1H3,(H,19,20). The van der Waals surface area contributed by atoms with Gasteiger partial charge in [-0.15, -0.1) is 0 Å². The molecular formula is C15H14Cl2N2O. The number of halogens is 2. The summed E-state index contributed by atoms with van der Waals surface area (Å²) in [5, 5.41) is 6.53. The van der Waals surface area contributed by atoms with Gasteiger partial charge in [0.05, 0.1) is 15.6 Å². The van der Waals surface area contributed by atoms with E-state index in [2.05, 4.69) is 10.6 Å². The first-order valence-electron chi connectivity index (χ1n) is 6.10. The fraction of sp³-hybridized carbons (Fsp3) is 0.133. The van der Waals surface area contributed by atoms with Crippen LogP contribution in [0.1, 0.15) is 15.9 Å². The molecule has 0 bridgehead atoms. The lowest BCUT2D eigenvalue weighted by molar-refractivity contribution is 0.102. The molecule has 0 atom stereocenters. The van der Waals surface area contributed by atoms with E-state index in [1.54, 1.807) is 18.2 Å². The first-order chi connectivity index (χ1) is 9.61. The van der Waals surface area contributed by atoms with Crippen LogP contribution in [0.25, 0.3) is 0 Å². The molecule has 0 unspecified atom stereocenters. The van der Waals surface area contributed by atoms with Crippen molar-refractivity contribution in [2.24, 2.45) is 0 Å². The molecule has 2 rings (SSSR count). The van der Waals surface area contributed by atoms with Crippen LogP contribution in [-0.2, 0) is 6.54 Å². The molecule has 0 spiro atoms. The maximum absolute atomic E-state index is 12.2. The Bertz CT molecular complexity index is 609. The Hall–Kier alpha value is -1.55. The molecule has 0 aromatic heterocycles. The van der Waals surface area contributed by atoms with Gasteiger partial charge in [-0.1, -0.05) is 41.4 Å². The van der Waals surface area contributed by atoms with Crippen LogP contribution in [0.5, 0.6) is 0 Å². The minimum atomic E-state index is -0.317. The van der Waals surface area contributed by atoms with Gasteiger partial charge in [0.25, 0.3) is 5.91 Å². The number of amides is 1. The van der Waals surface area contributed by atoms with Crippen LogP contribution in [0, 0.1) is 0 Å². The van der Waals surface area contributed by atoms with Gasteiger partial charge in [0.15, 0.2) is 0 Å². The predicted octanol–water partition coefficient (Wildman–Crippen LogP) is 3.97. The molecule has 104 valence electrons. The Kier molecular flexibility index (Phi) is 5.01. The molecule has 3 nitrogen and oxygen atoms in total. The van der Waals surface area contributed by atoms with Crippen LogP contribution in [0.15, 0.2) is 42.5 Å². The third-order valence-electron chi connectivity index (χ3n) is 2.76. The van der Waals surface area contributed by atoms with Crippen molar-refractivity contribution in [2.75, 3.05) is 12.4 Å². The van der Waals surface area contributed by atoms with Gasteiger partial charge in [-0.25, -0.2) is 0 Å². The van der Waals surface area contributed by atoms with Crippen LogP contribution in [0.4, 0.5) is 5.69 Å². The number of carbonyl (C=O) groups is 1. The number of hydrogen-bond donors (Lipinski definition) is 2. The first kappa shape index (κ1) is 14.9. The van der Waals surface area contributed by atoms with Gasteiger partial charge in [0.2, 0.25) is 0 Å². The molecule has 0 aliphatic rings. The van der Waals surface area contributed by atoms with E-state index in [-0.39, 0.29) is 11.5 Å². The number of hydrogen-bond acceptors (Lipinski definition) is 2. The molecule has 2 aromatic carbocycles. The van der Waals surface area contributed by atoms with Crippen LogP contribution < -0.4 is 10.6 Å². The monoisotopic (exact) mass is 308 g/mol. The van der Waals surface area contributed by atoms with Crippen molar-refractivity contribution >= 4 is 34.8 Å². The Morgan fingerprint density at radius 1 is 1.10 bits per heavy atom. The van der Waals surface area contributed by atoms with Crippen molar-refractivity contribution in [3.63, 3.8) is 0 Å². The molecular weight excluding hydrogens is 295 g/mol. The molecule has 0 heterocycles. The highest BCUT2D eigenvalue weighted by Gasteiger charge is 2.14. The lowest BCUT2D eigenvalue weighted by Gasteiger charge is -2.09. The van der Waals surface area contributed by atoms with Crippen molar-refractivity contribution in [3.05, 3.63) is 63.6 Å². The minimum absolute atomic E-state index is 0.287. The second kappa shape index (κ2) is 6.75. The number of anilines is 1. The Morgan fingerprint density at radius 3 is 2.40 bits per heavy atom. The van der Waals surface area contributed by atoms with E-state index in [1.165, 1.54) is 0 Å². The summed E-state index contributed by atoms with van der Waals surface area (Å²) in [5.74, 6) is -0.317. The van der Waals surface area contributed by atoms with E-state index in [4.69, 9.17) is 23.2 Å². The first-order valence-corrected chi connectivity index (χ1v) is 6.86. The highest BCUT2D eigenvalue weighted by Crippen LogP contribution is 2.25. The highest BCUT2D eigenvalue weighted by molar-refractivity contribution is 6.40. The maximum Gasteiger partial charge on any atom is 0.258 e. The largest absolute Gasteiger partial charge is 0.322 e. The number of nitrogens with one attached hydrogen (secondary N) is 2. The second-order valence-corrected chi connectivity index (χ2v) is 5.10. The van der Waals surface area contributed by atoms with E-state index in [9.17, 15) is 4.79 Å². The van der Waals surface area contributed by atoms with Crippen LogP contribution in [0.2, 0.25) is 10.0 Å². The highest BCUT2D eigenvalue weighted by atomic mass is 35.5. The van der Waals surface area contributed by atoms with Gasteiger partial charge in [0.1, 0.15) is 0 Å². The molecule has 20 heavy (non-hydrogen) atoms. The maximum atomic E-state index is 12.2. The molecule has 0 fully saturated rings. The number of benzene rings is 2. The van der Waals surface area contributed by atoms with Crippen molar-refractivity contribution < 1.29 is 4.79 Å². The lowest BCUT2D eigenvalue weighted by Crippen LogP contribution is -2.13. The third kappa shape index (κ3) is 3.51. The topological polar surface area (TPSA) is 41.1 Å². The molecule has 0 saturated heterocycles.